The fraction of sp³-hybridized carbons (Fsp3) is 0.222. The Bertz CT molecular complexity index is 736. The molecule has 2 aromatic carbocycles. The SMILES string of the molecule is CC(C)COC(=O)c1cccc(C(=O)Oc2cc(Cl)cc(Cl)c2)c1. The molecule has 0 saturated heterocycles. The molecule has 0 spiro atoms. The summed E-state index contributed by atoms with van der Waals surface area (Å²) in [6, 6.07) is 10.6. The summed E-state index contributed by atoms with van der Waals surface area (Å²) in [4.78, 5) is 24.2. The van der Waals surface area contributed by atoms with Gasteiger partial charge in [-0.3, -0.25) is 0 Å². The zero-order chi connectivity index (χ0) is 17.7. The second kappa shape index (κ2) is 8.18. The number of carbonyl (C=O) groups excluding carboxylic acids is 2. The summed E-state index contributed by atoms with van der Waals surface area (Å²) < 4.78 is 10.4. The minimum atomic E-state index is -0.619. The molecule has 0 aliphatic carbocycles. The monoisotopic (exact) mass is 366 g/mol. The first-order valence-corrected chi connectivity index (χ1v) is 8.06. The maximum Gasteiger partial charge on any atom is 0.343 e. The van der Waals surface area contributed by atoms with E-state index >= 15 is 0 Å². The van der Waals surface area contributed by atoms with Crippen LogP contribution in [0.4, 0.5) is 0 Å². The Morgan fingerprint density at radius 2 is 1.54 bits per heavy atom. The summed E-state index contributed by atoms with van der Waals surface area (Å²) in [5.74, 6) is -0.643. The molecule has 6 heteroatoms. The average molecular weight is 367 g/mol. The van der Waals surface area contributed by atoms with Crippen LogP contribution in [0.3, 0.4) is 0 Å². The molecule has 0 unspecified atom stereocenters. The fourth-order valence-corrected chi connectivity index (χ4v) is 2.36. The van der Waals surface area contributed by atoms with Crippen LogP contribution in [0.5, 0.6) is 5.75 Å². The lowest BCUT2D eigenvalue weighted by Crippen LogP contribution is -2.13. The third-order valence-electron chi connectivity index (χ3n) is 2.93. The Balaban J connectivity index is 2.12. The van der Waals surface area contributed by atoms with Crippen molar-refractivity contribution in [2.75, 3.05) is 6.61 Å². The molecule has 0 bridgehead atoms. The summed E-state index contributed by atoms with van der Waals surface area (Å²) in [6.07, 6.45) is 0. The van der Waals surface area contributed by atoms with E-state index in [1.54, 1.807) is 18.2 Å². The quantitative estimate of drug-likeness (QED) is 0.550. The van der Waals surface area contributed by atoms with Gasteiger partial charge in [-0.05, 0) is 42.3 Å². The van der Waals surface area contributed by atoms with Gasteiger partial charge in [-0.1, -0.05) is 43.1 Å². The summed E-state index contributed by atoms with van der Waals surface area (Å²) in [7, 11) is 0. The van der Waals surface area contributed by atoms with Crippen LogP contribution < -0.4 is 4.74 Å². The van der Waals surface area contributed by atoms with Crippen LogP contribution in [-0.2, 0) is 4.74 Å². The predicted molar refractivity (Wildman–Crippen MR) is 93.0 cm³/mol. The van der Waals surface area contributed by atoms with E-state index in [9.17, 15) is 9.59 Å². The van der Waals surface area contributed by atoms with Crippen molar-refractivity contribution in [3.63, 3.8) is 0 Å². The highest BCUT2D eigenvalue weighted by atomic mass is 35.5. The van der Waals surface area contributed by atoms with Gasteiger partial charge < -0.3 is 9.47 Å². The van der Waals surface area contributed by atoms with Crippen molar-refractivity contribution >= 4 is 35.1 Å². The molecule has 126 valence electrons. The molecule has 0 N–H and O–H groups in total. The molecule has 0 aromatic heterocycles. The second-order valence-corrected chi connectivity index (χ2v) is 6.44. The minimum absolute atomic E-state index is 0.227. The van der Waals surface area contributed by atoms with Crippen LogP contribution in [0.2, 0.25) is 10.0 Å². The van der Waals surface area contributed by atoms with Crippen LogP contribution in [0.15, 0.2) is 42.5 Å². The third kappa shape index (κ3) is 5.25. The molecule has 0 radical (unpaired) electrons. The Hall–Kier alpha value is -2.04. The first-order valence-electron chi connectivity index (χ1n) is 7.30. The predicted octanol–water partition coefficient (Wildman–Crippen LogP) is 5.03. The zero-order valence-electron chi connectivity index (χ0n) is 13.2. The fourth-order valence-electron chi connectivity index (χ4n) is 1.85. The number of ether oxygens (including phenoxy) is 2. The van der Waals surface area contributed by atoms with Gasteiger partial charge in [-0.15, -0.1) is 0 Å². The topological polar surface area (TPSA) is 52.6 Å². The second-order valence-electron chi connectivity index (χ2n) is 5.57. The number of rotatable bonds is 5. The van der Waals surface area contributed by atoms with E-state index in [-0.39, 0.29) is 22.8 Å². The van der Waals surface area contributed by atoms with Gasteiger partial charge in [0.2, 0.25) is 0 Å². The standard InChI is InChI=1S/C18H16Cl2O4/c1-11(2)10-23-17(21)12-4-3-5-13(6-12)18(22)24-16-8-14(19)7-15(20)9-16/h3-9,11H,10H2,1-2H3. The van der Waals surface area contributed by atoms with E-state index in [4.69, 9.17) is 32.7 Å². The average Bonchev–Trinajstić information content (AvgIpc) is 2.51. The Morgan fingerprint density at radius 1 is 0.958 bits per heavy atom. The molecule has 0 aliphatic rings. The maximum atomic E-state index is 12.2. The van der Waals surface area contributed by atoms with Crippen molar-refractivity contribution in [3.8, 4) is 5.75 Å². The molecular formula is C18H16Cl2O4. The highest BCUT2D eigenvalue weighted by Crippen LogP contribution is 2.25. The summed E-state index contributed by atoms with van der Waals surface area (Å²) in [6.45, 7) is 4.20. The molecule has 0 fully saturated rings. The lowest BCUT2D eigenvalue weighted by molar-refractivity contribution is 0.0459. The van der Waals surface area contributed by atoms with Crippen LogP contribution >= 0.6 is 23.2 Å². The lowest BCUT2D eigenvalue weighted by atomic mass is 10.1. The molecular weight excluding hydrogens is 351 g/mol. The van der Waals surface area contributed by atoms with Crippen molar-refractivity contribution in [2.45, 2.75) is 13.8 Å². The number of hydrogen-bond donors (Lipinski definition) is 0. The largest absolute Gasteiger partial charge is 0.462 e. The Morgan fingerprint density at radius 3 is 2.12 bits per heavy atom. The highest BCUT2D eigenvalue weighted by molar-refractivity contribution is 6.34. The number of carbonyl (C=O) groups is 2. The molecule has 0 amide bonds. The molecule has 0 atom stereocenters. The van der Waals surface area contributed by atoms with Crippen LogP contribution in [0.1, 0.15) is 34.6 Å². The number of hydrogen-bond acceptors (Lipinski definition) is 4. The van der Waals surface area contributed by atoms with E-state index in [1.807, 2.05) is 13.8 Å². The lowest BCUT2D eigenvalue weighted by Gasteiger charge is -2.09. The van der Waals surface area contributed by atoms with Gasteiger partial charge in [-0.2, -0.15) is 0 Å². The number of halogens is 2. The smallest absolute Gasteiger partial charge is 0.343 e. The van der Waals surface area contributed by atoms with E-state index in [0.29, 0.717) is 16.7 Å². The first-order chi connectivity index (χ1) is 11.3. The van der Waals surface area contributed by atoms with E-state index < -0.39 is 11.9 Å². The Kier molecular flexibility index (Phi) is 6.23. The molecule has 24 heavy (non-hydrogen) atoms. The van der Waals surface area contributed by atoms with Crippen LogP contribution in [-0.4, -0.2) is 18.5 Å². The van der Waals surface area contributed by atoms with Gasteiger partial charge in [0.05, 0.1) is 17.7 Å². The molecule has 0 saturated carbocycles. The van der Waals surface area contributed by atoms with E-state index in [1.165, 1.54) is 24.3 Å². The van der Waals surface area contributed by atoms with Gasteiger partial charge in [0.25, 0.3) is 0 Å². The van der Waals surface area contributed by atoms with Crippen molar-refractivity contribution in [2.24, 2.45) is 5.92 Å². The maximum absolute atomic E-state index is 12.2. The summed E-state index contributed by atoms with van der Waals surface area (Å²) >= 11 is 11.7. The molecule has 0 heterocycles. The van der Waals surface area contributed by atoms with E-state index in [2.05, 4.69) is 0 Å². The highest BCUT2D eigenvalue weighted by Gasteiger charge is 2.14. The van der Waals surface area contributed by atoms with Crippen molar-refractivity contribution in [1.82, 2.24) is 0 Å². The minimum Gasteiger partial charge on any atom is -0.462 e. The van der Waals surface area contributed by atoms with Crippen molar-refractivity contribution in [1.29, 1.82) is 0 Å². The molecule has 2 rings (SSSR count). The first kappa shape index (κ1) is 18.3. The van der Waals surface area contributed by atoms with E-state index in [0.717, 1.165) is 0 Å². The van der Waals surface area contributed by atoms with Crippen molar-refractivity contribution in [3.05, 3.63) is 63.6 Å². The Labute approximate surface area is 150 Å². The molecule has 2 aromatic rings. The third-order valence-corrected chi connectivity index (χ3v) is 3.36. The summed E-state index contributed by atoms with van der Waals surface area (Å²) in [5.41, 5.74) is 0.513. The summed E-state index contributed by atoms with van der Waals surface area (Å²) in [5, 5.41) is 0.715. The van der Waals surface area contributed by atoms with Gasteiger partial charge in [-0.25, -0.2) is 9.59 Å². The number of benzene rings is 2. The zero-order valence-corrected chi connectivity index (χ0v) is 14.7. The van der Waals surface area contributed by atoms with Crippen molar-refractivity contribution < 1.29 is 19.1 Å². The van der Waals surface area contributed by atoms with Gasteiger partial charge >= 0.3 is 11.9 Å². The van der Waals surface area contributed by atoms with Gasteiger partial charge in [0, 0.05) is 10.0 Å². The number of esters is 2. The molecule has 4 nitrogen and oxygen atoms in total. The molecule has 0 aliphatic heterocycles. The van der Waals surface area contributed by atoms with Crippen LogP contribution in [0, 0.1) is 5.92 Å². The van der Waals surface area contributed by atoms with Gasteiger partial charge in [0.1, 0.15) is 5.75 Å². The van der Waals surface area contributed by atoms with Crippen LogP contribution in [0.25, 0.3) is 0 Å². The normalized spacial score (nSPS) is 10.5. The van der Waals surface area contributed by atoms with Gasteiger partial charge in [0.15, 0.2) is 0 Å².